The normalized spacial score (nSPS) is 9.89. The third-order valence-corrected chi connectivity index (χ3v) is 2.46. The molecule has 0 fully saturated rings. The zero-order valence-electron chi connectivity index (χ0n) is 4.00. The predicted octanol–water partition coefficient (Wildman–Crippen LogP) is 0.180. The molecule has 0 amide bonds. The first-order valence-corrected chi connectivity index (χ1v) is 3.98. The molecule has 0 N–H and O–H groups in total. The first kappa shape index (κ1) is 12.8. The Morgan fingerprint density at radius 2 is 2.11 bits per heavy atom. The molecule has 3 nitrogen and oxygen atoms in total. The molecular formula is C3H6BrNaO3S. The second-order valence-electron chi connectivity index (χ2n) is 1.08. The van der Waals surface area contributed by atoms with Crippen molar-refractivity contribution >= 4 is 55.9 Å². The number of hydrogen-bond acceptors (Lipinski definition) is 3. The molecule has 0 aromatic carbocycles. The van der Waals surface area contributed by atoms with Crippen LogP contribution in [0, 0.1) is 0 Å². The van der Waals surface area contributed by atoms with Crippen molar-refractivity contribution in [2.75, 3.05) is 5.75 Å². The fourth-order valence-electron chi connectivity index (χ4n) is 0.170. The fourth-order valence-corrected chi connectivity index (χ4v) is 0.834. The maximum absolute atomic E-state index is 10.3. The van der Waals surface area contributed by atoms with Gasteiger partial charge in [-0.1, -0.05) is 6.08 Å². The molecule has 0 aromatic rings. The molecule has 0 radical (unpaired) electrons. The van der Waals surface area contributed by atoms with Gasteiger partial charge in [-0.2, -0.15) is 11.7 Å². The van der Waals surface area contributed by atoms with E-state index in [1.165, 1.54) is 6.08 Å². The molecule has 0 heterocycles. The van der Waals surface area contributed by atoms with Crippen LogP contribution in [0.1, 0.15) is 0 Å². The van der Waals surface area contributed by atoms with Crippen molar-refractivity contribution in [3.8, 4) is 0 Å². The molecule has 0 aromatic heterocycles. The molecule has 50 valence electrons. The molecule has 0 rings (SSSR count). The van der Waals surface area contributed by atoms with Crippen LogP contribution in [-0.4, -0.2) is 43.7 Å². The third-order valence-electron chi connectivity index (χ3n) is 0.418. The van der Waals surface area contributed by atoms with Crippen LogP contribution in [0.15, 0.2) is 12.7 Å². The summed E-state index contributed by atoms with van der Waals surface area (Å²) in [6.07, 6.45) is 1.25. The van der Waals surface area contributed by atoms with Gasteiger partial charge in [0.25, 0.3) is 10.1 Å². The van der Waals surface area contributed by atoms with E-state index in [1.54, 1.807) is 0 Å². The average molecular weight is 225 g/mol. The second-order valence-corrected chi connectivity index (χ2v) is 3.44. The Morgan fingerprint density at radius 1 is 1.67 bits per heavy atom. The summed E-state index contributed by atoms with van der Waals surface area (Å²) in [5.74, 6) is -0.168. The first-order chi connectivity index (χ1) is 3.62. The summed E-state index contributed by atoms with van der Waals surface area (Å²) in [5, 5.41) is 0. The summed E-state index contributed by atoms with van der Waals surface area (Å²) in [5.41, 5.74) is 0. The molecule has 0 saturated carbocycles. The molecule has 0 aliphatic rings. The van der Waals surface area contributed by atoms with Gasteiger partial charge in [0, 0.05) is 0 Å². The predicted molar refractivity (Wildman–Crippen MR) is 41.1 cm³/mol. The van der Waals surface area contributed by atoms with Crippen LogP contribution in [0.25, 0.3) is 0 Å². The summed E-state index contributed by atoms with van der Waals surface area (Å²) >= 11 is 2.34. The van der Waals surface area contributed by atoms with Crippen LogP contribution in [0.4, 0.5) is 0 Å². The van der Waals surface area contributed by atoms with Gasteiger partial charge < -0.3 is 0 Å². The van der Waals surface area contributed by atoms with Gasteiger partial charge in [-0.3, -0.25) is 0 Å². The van der Waals surface area contributed by atoms with Gasteiger partial charge >= 0.3 is 29.6 Å². The van der Waals surface area contributed by atoms with E-state index in [-0.39, 0.29) is 35.3 Å². The molecule has 0 aliphatic carbocycles. The number of rotatable bonds is 3. The standard InChI is InChI=1S/C3H5BrO3S.Na.H/c1-2-3-8(5,6)7-4;;/h2H,1,3H2;;. The molecule has 0 saturated heterocycles. The van der Waals surface area contributed by atoms with E-state index in [2.05, 4.69) is 26.1 Å². The van der Waals surface area contributed by atoms with Crippen molar-refractivity contribution < 1.29 is 11.7 Å². The first-order valence-electron chi connectivity index (χ1n) is 1.76. The van der Waals surface area contributed by atoms with Crippen LogP contribution in [0.3, 0.4) is 0 Å². The Kier molecular flexibility index (Phi) is 8.35. The molecule has 0 spiro atoms. The molecule has 0 atom stereocenters. The van der Waals surface area contributed by atoms with Gasteiger partial charge in [0.05, 0.1) is 5.75 Å². The molecule has 0 aliphatic heterocycles. The van der Waals surface area contributed by atoms with E-state index in [0.717, 1.165) is 0 Å². The van der Waals surface area contributed by atoms with Gasteiger partial charge in [-0.15, -0.1) is 6.58 Å². The van der Waals surface area contributed by atoms with E-state index in [9.17, 15) is 8.42 Å². The second kappa shape index (κ2) is 5.88. The maximum atomic E-state index is 10.3. The SMILES string of the molecule is C=CCS(=O)(=O)OBr.[NaH]. The number of hydrogen-bond donors (Lipinski definition) is 0. The van der Waals surface area contributed by atoms with Crippen LogP contribution in [0.2, 0.25) is 0 Å². The van der Waals surface area contributed by atoms with Gasteiger partial charge in [0.1, 0.15) is 16.3 Å². The average Bonchev–Trinajstić information content (AvgIpc) is 1.67. The summed E-state index contributed by atoms with van der Waals surface area (Å²) in [4.78, 5) is 0. The Balaban J connectivity index is 0. The Bertz CT molecular complexity index is 164. The van der Waals surface area contributed by atoms with Crippen molar-refractivity contribution in [1.29, 1.82) is 0 Å². The summed E-state index contributed by atoms with van der Waals surface area (Å²) in [7, 11) is -3.37. The molecular weight excluding hydrogens is 219 g/mol. The van der Waals surface area contributed by atoms with Crippen LogP contribution < -0.4 is 0 Å². The van der Waals surface area contributed by atoms with Gasteiger partial charge in [-0.25, -0.2) is 0 Å². The Morgan fingerprint density at radius 3 is 2.22 bits per heavy atom. The zero-order valence-corrected chi connectivity index (χ0v) is 6.41. The van der Waals surface area contributed by atoms with Crippen molar-refractivity contribution in [3.63, 3.8) is 0 Å². The Hall–Kier alpha value is 1.13. The fraction of sp³-hybridized carbons (Fsp3) is 0.333. The van der Waals surface area contributed by atoms with Crippen LogP contribution in [-0.2, 0) is 13.4 Å². The van der Waals surface area contributed by atoms with Crippen LogP contribution in [0.5, 0.6) is 0 Å². The van der Waals surface area contributed by atoms with Gasteiger partial charge in [-0.05, 0) is 0 Å². The molecule has 0 unspecified atom stereocenters. The van der Waals surface area contributed by atoms with E-state index < -0.39 is 10.1 Å². The molecule has 6 heteroatoms. The van der Waals surface area contributed by atoms with Crippen molar-refractivity contribution in [2.45, 2.75) is 0 Å². The summed E-state index contributed by atoms with van der Waals surface area (Å²) in [6.45, 7) is 3.21. The van der Waals surface area contributed by atoms with E-state index in [0.29, 0.717) is 0 Å². The summed E-state index contributed by atoms with van der Waals surface area (Å²) in [6, 6.07) is 0. The third kappa shape index (κ3) is 7.02. The topological polar surface area (TPSA) is 43.4 Å². The summed E-state index contributed by atoms with van der Waals surface area (Å²) < 4.78 is 24.4. The van der Waals surface area contributed by atoms with Gasteiger partial charge in [0.2, 0.25) is 0 Å². The van der Waals surface area contributed by atoms with Crippen molar-refractivity contribution in [2.24, 2.45) is 0 Å². The van der Waals surface area contributed by atoms with Crippen molar-refractivity contribution in [3.05, 3.63) is 12.7 Å². The zero-order chi connectivity index (χ0) is 6.62. The van der Waals surface area contributed by atoms with E-state index in [4.69, 9.17) is 0 Å². The number of halogens is 1. The Labute approximate surface area is 85.3 Å². The van der Waals surface area contributed by atoms with Crippen molar-refractivity contribution in [1.82, 2.24) is 0 Å². The minimum atomic E-state index is -3.37. The quantitative estimate of drug-likeness (QED) is 0.508. The molecule has 9 heavy (non-hydrogen) atoms. The van der Waals surface area contributed by atoms with E-state index in [1.807, 2.05) is 0 Å². The van der Waals surface area contributed by atoms with E-state index >= 15 is 0 Å². The molecule has 0 bridgehead atoms. The monoisotopic (exact) mass is 224 g/mol. The van der Waals surface area contributed by atoms with Gasteiger partial charge in [0.15, 0.2) is 0 Å². The van der Waals surface area contributed by atoms with Crippen LogP contribution >= 0.6 is 16.3 Å². The minimum absolute atomic E-state index is 0.